The van der Waals surface area contributed by atoms with Gasteiger partial charge in [0, 0.05) is 23.7 Å². The molecule has 0 aliphatic rings. The molecule has 0 spiro atoms. The quantitative estimate of drug-likeness (QED) is 0.726. The fourth-order valence-electron chi connectivity index (χ4n) is 2.51. The van der Waals surface area contributed by atoms with Crippen molar-refractivity contribution in [2.45, 2.75) is 26.8 Å². The van der Waals surface area contributed by atoms with Gasteiger partial charge in [0.1, 0.15) is 17.4 Å². The molecule has 0 fully saturated rings. The van der Waals surface area contributed by atoms with Gasteiger partial charge in [-0.25, -0.2) is 9.97 Å². The van der Waals surface area contributed by atoms with Crippen LogP contribution in [0.1, 0.15) is 19.2 Å². The highest BCUT2D eigenvalue weighted by molar-refractivity contribution is 7.13. The average molecular weight is 368 g/mol. The Morgan fingerprint density at radius 2 is 2.04 bits per heavy atom. The lowest BCUT2D eigenvalue weighted by Gasteiger charge is -2.10. The maximum absolute atomic E-state index is 12.9. The fourth-order valence-corrected chi connectivity index (χ4v) is 3.34. The summed E-state index contributed by atoms with van der Waals surface area (Å²) < 4.78 is 1.39. The van der Waals surface area contributed by atoms with Crippen LogP contribution in [-0.4, -0.2) is 27.0 Å². The van der Waals surface area contributed by atoms with Crippen LogP contribution in [0.2, 0.25) is 0 Å². The van der Waals surface area contributed by atoms with E-state index in [-0.39, 0.29) is 18.0 Å². The lowest BCUT2D eigenvalue weighted by atomic mass is 10.2. The molecular formula is C19H20N4O2S. The van der Waals surface area contributed by atoms with Crippen LogP contribution >= 0.6 is 11.3 Å². The van der Waals surface area contributed by atoms with E-state index in [0.29, 0.717) is 22.9 Å². The van der Waals surface area contributed by atoms with Crippen LogP contribution in [0.3, 0.4) is 0 Å². The summed E-state index contributed by atoms with van der Waals surface area (Å²) >= 11 is 1.39. The Labute approximate surface area is 155 Å². The van der Waals surface area contributed by atoms with E-state index in [9.17, 15) is 9.59 Å². The minimum atomic E-state index is -0.252. The summed E-state index contributed by atoms with van der Waals surface area (Å²) in [6.07, 6.45) is 2.38. The smallest absolute Gasteiger partial charge is 0.264 e. The van der Waals surface area contributed by atoms with E-state index in [4.69, 9.17) is 0 Å². The van der Waals surface area contributed by atoms with Crippen LogP contribution in [0.4, 0.5) is 0 Å². The number of hydrogen-bond donors (Lipinski definition) is 1. The van der Waals surface area contributed by atoms with Crippen molar-refractivity contribution in [3.05, 3.63) is 58.1 Å². The first kappa shape index (κ1) is 18.0. The molecule has 3 aromatic rings. The summed E-state index contributed by atoms with van der Waals surface area (Å²) in [5, 5.41) is 5.30. The lowest BCUT2D eigenvalue weighted by Crippen LogP contribution is -2.34. The maximum Gasteiger partial charge on any atom is 0.264 e. The van der Waals surface area contributed by atoms with Crippen molar-refractivity contribution in [2.75, 3.05) is 6.54 Å². The number of nitrogens with one attached hydrogen (secondary N) is 1. The fraction of sp³-hybridized carbons (Fsp3) is 0.263. The number of benzene rings is 1. The Morgan fingerprint density at radius 3 is 2.77 bits per heavy atom. The predicted molar refractivity (Wildman–Crippen MR) is 103 cm³/mol. The van der Waals surface area contributed by atoms with Gasteiger partial charge < -0.3 is 5.32 Å². The van der Waals surface area contributed by atoms with E-state index >= 15 is 0 Å². The number of carbonyl (C=O) groups is 1. The standard InChI is InChI=1S/C19H20N4O2S/c1-3-9-20-17(24)11-23-13(2)21-10-15(19(23)25)18-22-16(12-26-18)14-7-5-4-6-8-14/h4-8,10,12H,3,9,11H2,1-2H3,(H,20,24). The topological polar surface area (TPSA) is 76.9 Å². The van der Waals surface area contributed by atoms with Crippen LogP contribution in [0.5, 0.6) is 0 Å². The number of amides is 1. The summed E-state index contributed by atoms with van der Waals surface area (Å²) in [4.78, 5) is 33.7. The normalized spacial score (nSPS) is 10.7. The van der Waals surface area contributed by atoms with Crippen molar-refractivity contribution in [3.8, 4) is 21.8 Å². The van der Waals surface area contributed by atoms with Gasteiger partial charge in [-0.3, -0.25) is 14.2 Å². The third-order valence-corrected chi connectivity index (χ3v) is 4.80. The third kappa shape index (κ3) is 3.88. The first-order valence-corrected chi connectivity index (χ1v) is 9.32. The van der Waals surface area contributed by atoms with Gasteiger partial charge in [-0.05, 0) is 13.3 Å². The Kier molecular flexibility index (Phi) is 5.58. The predicted octanol–water partition coefficient (Wildman–Crippen LogP) is 2.87. The lowest BCUT2D eigenvalue weighted by molar-refractivity contribution is -0.121. The highest BCUT2D eigenvalue weighted by Crippen LogP contribution is 2.26. The van der Waals surface area contributed by atoms with E-state index in [1.807, 2.05) is 42.6 Å². The van der Waals surface area contributed by atoms with E-state index in [2.05, 4.69) is 15.3 Å². The second kappa shape index (κ2) is 8.05. The molecule has 134 valence electrons. The van der Waals surface area contributed by atoms with Crippen LogP contribution in [-0.2, 0) is 11.3 Å². The van der Waals surface area contributed by atoms with Gasteiger partial charge in [-0.15, -0.1) is 11.3 Å². The van der Waals surface area contributed by atoms with Gasteiger partial charge in [0.25, 0.3) is 5.56 Å². The van der Waals surface area contributed by atoms with Crippen molar-refractivity contribution >= 4 is 17.2 Å². The van der Waals surface area contributed by atoms with Crippen molar-refractivity contribution in [1.29, 1.82) is 0 Å². The number of aryl methyl sites for hydroxylation is 1. The van der Waals surface area contributed by atoms with Gasteiger partial charge in [-0.2, -0.15) is 0 Å². The molecule has 3 rings (SSSR count). The Hall–Kier alpha value is -2.80. The minimum absolute atomic E-state index is 0.0393. The summed E-state index contributed by atoms with van der Waals surface area (Å²) in [5.41, 5.74) is 1.97. The Morgan fingerprint density at radius 1 is 1.27 bits per heavy atom. The largest absolute Gasteiger partial charge is 0.355 e. The van der Waals surface area contributed by atoms with E-state index in [0.717, 1.165) is 17.7 Å². The van der Waals surface area contributed by atoms with E-state index in [1.54, 1.807) is 6.92 Å². The zero-order valence-corrected chi connectivity index (χ0v) is 15.5. The van der Waals surface area contributed by atoms with Crippen molar-refractivity contribution in [2.24, 2.45) is 0 Å². The molecule has 1 N–H and O–H groups in total. The Balaban J connectivity index is 1.92. The molecule has 1 aromatic carbocycles. The van der Waals surface area contributed by atoms with Crippen molar-refractivity contribution in [3.63, 3.8) is 0 Å². The molecule has 0 unspecified atom stereocenters. The molecule has 1 amide bonds. The Bertz CT molecular complexity index is 963. The highest BCUT2D eigenvalue weighted by atomic mass is 32.1. The van der Waals surface area contributed by atoms with Crippen LogP contribution < -0.4 is 10.9 Å². The SMILES string of the molecule is CCCNC(=O)Cn1c(C)ncc(-c2nc(-c3ccccc3)cs2)c1=O. The van der Waals surface area contributed by atoms with Gasteiger partial charge in [0.05, 0.1) is 11.3 Å². The van der Waals surface area contributed by atoms with Gasteiger partial charge in [0.2, 0.25) is 5.91 Å². The second-order valence-corrected chi connectivity index (χ2v) is 6.72. The zero-order valence-electron chi connectivity index (χ0n) is 14.7. The molecule has 0 saturated carbocycles. The van der Waals surface area contributed by atoms with Gasteiger partial charge in [0.15, 0.2) is 0 Å². The monoisotopic (exact) mass is 368 g/mol. The average Bonchev–Trinajstić information content (AvgIpc) is 3.14. The van der Waals surface area contributed by atoms with Gasteiger partial charge >= 0.3 is 0 Å². The van der Waals surface area contributed by atoms with Crippen molar-refractivity contribution < 1.29 is 4.79 Å². The third-order valence-electron chi connectivity index (χ3n) is 3.92. The molecule has 0 atom stereocenters. The summed E-state index contributed by atoms with van der Waals surface area (Å²) in [6.45, 7) is 4.25. The minimum Gasteiger partial charge on any atom is -0.355 e. The summed E-state index contributed by atoms with van der Waals surface area (Å²) in [6, 6.07) is 9.79. The number of rotatable bonds is 6. The number of thiazole rings is 1. The molecular weight excluding hydrogens is 348 g/mol. The zero-order chi connectivity index (χ0) is 18.5. The number of aromatic nitrogens is 3. The van der Waals surface area contributed by atoms with Gasteiger partial charge in [-0.1, -0.05) is 37.3 Å². The maximum atomic E-state index is 12.9. The second-order valence-electron chi connectivity index (χ2n) is 5.86. The van der Waals surface area contributed by atoms with Crippen LogP contribution in [0, 0.1) is 6.92 Å². The molecule has 7 heteroatoms. The van der Waals surface area contributed by atoms with Crippen LogP contribution in [0.25, 0.3) is 21.8 Å². The number of carbonyl (C=O) groups excluding carboxylic acids is 1. The molecule has 26 heavy (non-hydrogen) atoms. The van der Waals surface area contributed by atoms with Crippen LogP contribution in [0.15, 0.2) is 46.7 Å². The molecule has 6 nitrogen and oxygen atoms in total. The number of nitrogens with zero attached hydrogens (tertiary/aromatic N) is 3. The summed E-state index contributed by atoms with van der Waals surface area (Å²) in [7, 11) is 0. The molecule has 2 aromatic heterocycles. The molecule has 0 radical (unpaired) electrons. The first-order valence-electron chi connectivity index (χ1n) is 8.44. The number of hydrogen-bond acceptors (Lipinski definition) is 5. The van der Waals surface area contributed by atoms with Crippen molar-refractivity contribution in [1.82, 2.24) is 19.9 Å². The highest BCUT2D eigenvalue weighted by Gasteiger charge is 2.15. The first-order chi connectivity index (χ1) is 12.6. The molecule has 0 aliphatic heterocycles. The molecule has 2 heterocycles. The summed E-state index contributed by atoms with van der Waals surface area (Å²) in [5.74, 6) is 0.311. The molecule has 0 bridgehead atoms. The molecule has 0 saturated heterocycles. The van der Waals surface area contributed by atoms with E-state index < -0.39 is 0 Å². The van der Waals surface area contributed by atoms with E-state index in [1.165, 1.54) is 22.1 Å². The molecule has 0 aliphatic carbocycles.